The predicted octanol–water partition coefficient (Wildman–Crippen LogP) is 13.4. The minimum atomic E-state index is 0. The quantitative estimate of drug-likeness (QED) is 0.0637. The van der Waals surface area contributed by atoms with Crippen molar-refractivity contribution in [1.82, 2.24) is 59.3 Å². The Hall–Kier alpha value is -0.0844. The summed E-state index contributed by atoms with van der Waals surface area (Å²) >= 11 is 15.9. The maximum Gasteiger partial charge on any atom is 2.00 e. The van der Waals surface area contributed by atoms with Crippen LogP contribution in [0.2, 0.25) is 5.15 Å². The van der Waals surface area contributed by atoms with Crippen molar-refractivity contribution in [2.24, 2.45) is 0 Å². The van der Waals surface area contributed by atoms with Gasteiger partial charge in [0.25, 0.3) is 0 Å². The smallest absolute Gasteiger partial charge is 0.850 e. The van der Waals surface area contributed by atoms with Crippen LogP contribution in [0.1, 0.15) is 255 Å². The van der Waals surface area contributed by atoms with Crippen LogP contribution in [-0.2, 0) is 19.5 Å². The molecule has 0 unspecified atom stereocenters. The summed E-state index contributed by atoms with van der Waals surface area (Å²) in [5, 5.41) is 15.0. The number of aromatic nitrogens is 6. The van der Waals surface area contributed by atoms with E-state index in [1.165, 1.54) is 192 Å². The third-order valence-corrected chi connectivity index (χ3v) is 21.9. The van der Waals surface area contributed by atoms with Crippen molar-refractivity contribution in [3.05, 3.63) is 194 Å². The molecule has 591 valence electrons. The van der Waals surface area contributed by atoms with Crippen molar-refractivity contribution in [3.63, 3.8) is 0 Å². The van der Waals surface area contributed by atoms with Gasteiger partial charge in [-0.15, -0.1) is 11.1 Å². The third-order valence-electron chi connectivity index (χ3n) is 19.0. The molecule has 0 spiro atoms. The van der Waals surface area contributed by atoms with Gasteiger partial charge in [-0.2, -0.15) is 48.0 Å². The molecule has 0 bridgehead atoms. The number of likely N-dealkylation sites (N-methyl/N-ethyl adjacent to an activating group) is 1. The van der Waals surface area contributed by atoms with E-state index in [1.807, 2.05) is 81.7 Å². The maximum absolute atomic E-state index is 9.72. The molecule has 6 atom stereocenters. The average molecular weight is 1950 g/mol. The molecule has 1 radical (unpaired) electrons. The van der Waals surface area contributed by atoms with Gasteiger partial charge in [0.05, 0.1) is 20.6 Å². The van der Waals surface area contributed by atoms with E-state index < -0.39 is 0 Å². The van der Waals surface area contributed by atoms with Crippen molar-refractivity contribution < 1.29 is 67.2 Å². The monoisotopic (exact) mass is 1950 g/mol. The Balaban J connectivity index is 0. The molecule has 15 nitrogen and oxygen atoms in total. The minimum Gasteiger partial charge on any atom is -0.850 e. The zero-order chi connectivity index (χ0) is 78.1. The molecule has 7 saturated heterocycles. The number of unbranched alkanes of at least 4 members (excludes halogenated alkanes) is 1. The summed E-state index contributed by atoms with van der Waals surface area (Å²) in [5.74, 6) is 2.83. The molecule has 1 N–H and O–H groups in total. The van der Waals surface area contributed by atoms with E-state index in [0.29, 0.717) is 41.4 Å². The number of hydrogen-bond acceptors (Lipinski definition) is 13. The van der Waals surface area contributed by atoms with Gasteiger partial charge in [0.15, 0.2) is 0 Å². The van der Waals surface area contributed by atoms with Gasteiger partial charge in [-0.1, -0.05) is 115 Å². The van der Waals surface area contributed by atoms with Crippen molar-refractivity contribution in [2.45, 2.75) is 233 Å². The number of hydrogen-bond donors (Lipinski definition) is 1. The molecule has 24 heteroatoms. The van der Waals surface area contributed by atoms with Gasteiger partial charge in [0.2, 0.25) is 0 Å². The van der Waals surface area contributed by atoms with Crippen molar-refractivity contribution in [1.29, 1.82) is 0 Å². The van der Waals surface area contributed by atoms with E-state index in [9.17, 15) is 5.11 Å². The Labute approximate surface area is 768 Å². The molecule has 7 aliphatic heterocycles. The molecule has 6 aromatic rings. The normalized spacial score (nSPS) is 21.1. The first-order valence-electron chi connectivity index (χ1n) is 38.4. The van der Waals surface area contributed by atoms with Crippen molar-refractivity contribution in [2.75, 3.05) is 109 Å². The fourth-order valence-corrected chi connectivity index (χ4v) is 15.3. The number of rotatable bonds is 9. The van der Waals surface area contributed by atoms with Crippen LogP contribution in [-0.4, -0.2) is 198 Å². The van der Waals surface area contributed by atoms with Gasteiger partial charge >= 0.3 is 57.2 Å². The van der Waals surface area contributed by atoms with Crippen LogP contribution in [0.15, 0.2) is 121 Å². The van der Waals surface area contributed by atoms with E-state index in [-0.39, 0.29) is 93.7 Å². The molecular weight excluding hydrogens is 1820 g/mol. The summed E-state index contributed by atoms with van der Waals surface area (Å²) in [7, 11) is 17.0. The third kappa shape index (κ3) is 46.8. The van der Waals surface area contributed by atoms with Crippen LogP contribution in [0.3, 0.4) is 0 Å². The first-order valence-corrected chi connectivity index (χ1v) is 42.8. The SMILES string of the molecule is CC1(C)CCCC(C)(C)[N-]1.CN1CCC[C@H]1c1ccc(Br)nc1.CN1CCC[C@H]1c1ccc(Cl)nc1.CN1CCC[C@H]1c1ccc(I)nc1.CN1CCC[C@H]1c1ccc(I)nc1.CN1CCC[C@H]1c1cccnc1.CN1CCC[C@H]1c1cccnc1I.C[C-](C)C.C[C-](C)C.C[NH+](C)CC[O-].[CH2-]CCC.[Li+].[Li+].[Li].[Zn+2]. The second kappa shape index (κ2) is 62.1. The van der Waals surface area contributed by atoms with E-state index in [4.69, 9.17) is 16.9 Å². The van der Waals surface area contributed by atoms with Crippen molar-refractivity contribution in [3.8, 4) is 0 Å². The summed E-state index contributed by atoms with van der Waals surface area (Å²) in [6.45, 7) is 35.2. The van der Waals surface area contributed by atoms with Crippen LogP contribution >= 0.6 is 95.3 Å². The molecule has 109 heavy (non-hydrogen) atoms. The van der Waals surface area contributed by atoms with E-state index in [0.717, 1.165) is 28.7 Å². The topological polar surface area (TPSA) is 138 Å². The second-order valence-corrected chi connectivity index (χ2v) is 35.7. The van der Waals surface area contributed by atoms with Crippen LogP contribution in [0.4, 0.5) is 0 Å². The molecule has 0 aliphatic carbocycles. The zero-order valence-corrected chi connectivity index (χ0v) is 83.4. The maximum atomic E-state index is 9.72. The van der Waals surface area contributed by atoms with Gasteiger partial charge in [-0.05, 0) is 307 Å². The molecule has 0 saturated carbocycles. The van der Waals surface area contributed by atoms with Gasteiger partial charge < -0.3 is 34.1 Å². The van der Waals surface area contributed by atoms with Gasteiger partial charge in [0, 0.05) is 104 Å². The molecule has 0 amide bonds. The van der Waals surface area contributed by atoms with Crippen LogP contribution < -0.4 is 47.7 Å². The minimum absolute atomic E-state index is 0. The molecular formula is C85H135BrClI3Li3N14OZn. The van der Waals surface area contributed by atoms with Gasteiger partial charge in [0.1, 0.15) is 20.9 Å². The van der Waals surface area contributed by atoms with Crippen LogP contribution in [0, 0.1) is 29.9 Å². The largest absolute Gasteiger partial charge is 2.00 e. The van der Waals surface area contributed by atoms with Gasteiger partial charge in [-0.25, -0.2) is 24.9 Å². The summed E-state index contributed by atoms with van der Waals surface area (Å²) < 4.78 is 4.21. The molecule has 13 rings (SSSR count). The van der Waals surface area contributed by atoms with Crippen molar-refractivity contribution >= 4 is 114 Å². The standard InChI is InChI=1S/C10H13BrN2.C10H13ClN2.3C10H13IN2.C10H14N2.C9H18N.C4H10NO.3C4H9.3Li.Zn/c2*1-13-6-2-3-9(13)8-4-5-10(11)12-7-8;1-13-7-3-5-9(13)8-4-2-6-12-10(8)11;2*1-13-6-2-3-9(13)8-4-5-10(11)12-7-8;1-12-7-3-5-10(12)9-4-2-6-11-8-9;1-8(2)6-5-7-9(3,4)10-8;1-5(2)3-4-6;2*1-4(2)3;1-3-4-2;;;;/h2*4-5,7,9H,2-3,6H2,1H3;2,4,6,9H,3,5,7H2,1H3;2*4-5,7,9H,2-3,6H2,1H3;2,4,6,8,10H,3,5,7H2,1H3;5-7H2,1-4H3;3-4H2,1-2H3;2*1-3H3;1,3-4H2,2H3;;;;/q;;;;;;5*-1;;2*+1;+2/p+1/t5*9-;10-;;;;;;;;;/m000000........./s1. The zero-order valence-electron chi connectivity index (χ0n) is 71.6. The summed E-state index contributed by atoms with van der Waals surface area (Å²) in [6.07, 6.45) is 35.1. The fourth-order valence-electron chi connectivity index (χ4n) is 13.6. The van der Waals surface area contributed by atoms with E-state index >= 15 is 0 Å². The number of piperidine rings is 1. The molecule has 0 aromatic carbocycles. The first kappa shape index (κ1) is 111. The fraction of sp³-hybridized carbons (Fsp3) is 0.612. The predicted molar refractivity (Wildman–Crippen MR) is 478 cm³/mol. The second-order valence-electron chi connectivity index (χ2n) is 31.3. The number of quaternary nitrogens is 1. The van der Waals surface area contributed by atoms with E-state index in [2.05, 4.69) is 317 Å². The van der Waals surface area contributed by atoms with E-state index in [1.54, 1.807) is 0 Å². The molecule has 13 heterocycles. The Morgan fingerprint density at radius 3 is 1.08 bits per heavy atom. The van der Waals surface area contributed by atoms with Crippen LogP contribution in [0.5, 0.6) is 0 Å². The molecule has 7 fully saturated rings. The Bertz CT molecular complexity index is 2910. The average Bonchev–Trinajstić information content (AvgIpc) is 1.79. The van der Waals surface area contributed by atoms with Crippen LogP contribution in [0.25, 0.3) is 5.32 Å². The number of pyridine rings is 6. The summed E-state index contributed by atoms with van der Waals surface area (Å²) in [6, 6.07) is 28.6. The van der Waals surface area contributed by atoms with Gasteiger partial charge in [-0.3, -0.25) is 34.4 Å². The Morgan fingerprint density at radius 2 is 0.844 bits per heavy atom. The summed E-state index contributed by atoms with van der Waals surface area (Å²) in [4.78, 5) is 41.1. The number of likely N-dealkylation sites (tertiary alicyclic amines) is 6. The summed E-state index contributed by atoms with van der Waals surface area (Å²) in [5.41, 5.74) is 8.57. The molecule has 7 aliphatic rings. The number of nitrogens with one attached hydrogen (secondary N) is 1. The first-order chi connectivity index (χ1) is 49.8. The Kier molecular flexibility index (Phi) is 63.2. The Morgan fingerprint density at radius 1 is 0.514 bits per heavy atom. The number of nitrogens with zero attached hydrogens (tertiary/aromatic N) is 13. The number of halogens is 5. The molecule has 6 aromatic heterocycles.